The molecule has 2 rings (SSSR count). The third kappa shape index (κ3) is 2.38. The number of aromatic nitrogens is 2. The van der Waals surface area contributed by atoms with Gasteiger partial charge >= 0.3 is 0 Å². The molecule has 94 valence electrons. The number of halogens is 1. The third-order valence-corrected chi connectivity index (χ3v) is 2.94. The number of hydrogen-bond acceptors (Lipinski definition) is 3. The standard InChI is InChI=1S/C14H16FN3/c1-8-6-11(15)4-5-12(8)14-17-7-13(9(2)16)10(3)18-14/h4-7,9H,16H2,1-3H3/t9-/m1/s1. The lowest BCUT2D eigenvalue weighted by atomic mass is 10.1. The van der Waals surface area contributed by atoms with Crippen LogP contribution in [0.25, 0.3) is 11.4 Å². The average Bonchev–Trinajstić information content (AvgIpc) is 2.28. The Morgan fingerprint density at radius 2 is 2.00 bits per heavy atom. The minimum atomic E-state index is -0.250. The van der Waals surface area contributed by atoms with Gasteiger partial charge < -0.3 is 5.73 Å². The fourth-order valence-electron chi connectivity index (χ4n) is 1.93. The third-order valence-electron chi connectivity index (χ3n) is 2.94. The Kier molecular flexibility index (Phi) is 3.39. The van der Waals surface area contributed by atoms with Crippen molar-refractivity contribution >= 4 is 0 Å². The lowest BCUT2D eigenvalue weighted by Crippen LogP contribution is -2.09. The van der Waals surface area contributed by atoms with Gasteiger partial charge in [0, 0.05) is 29.1 Å². The van der Waals surface area contributed by atoms with Gasteiger partial charge in [-0.25, -0.2) is 14.4 Å². The maximum atomic E-state index is 13.1. The van der Waals surface area contributed by atoms with Gasteiger partial charge in [0.15, 0.2) is 5.82 Å². The van der Waals surface area contributed by atoms with E-state index in [9.17, 15) is 4.39 Å². The molecule has 1 aromatic heterocycles. The normalized spacial score (nSPS) is 12.5. The molecule has 2 aromatic rings. The summed E-state index contributed by atoms with van der Waals surface area (Å²) in [6.07, 6.45) is 1.74. The van der Waals surface area contributed by atoms with Crippen LogP contribution in [-0.4, -0.2) is 9.97 Å². The van der Waals surface area contributed by atoms with Gasteiger partial charge in [-0.15, -0.1) is 0 Å². The van der Waals surface area contributed by atoms with Crippen molar-refractivity contribution < 1.29 is 4.39 Å². The Hall–Kier alpha value is -1.81. The van der Waals surface area contributed by atoms with Gasteiger partial charge in [0.25, 0.3) is 0 Å². The van der Waals surface area contributed by atoms with Crippen molar-refractivity contribution in [2.75, 3.05) is 0 Å². The van der Waals surface area contributed by atoms with Crippen molar-refractivity contribution in [2.24, 2.45) is 5.73 Å². The summed E-state index contributed by atoms with van der Waals surface area (Å²) < 4.78 is 13.1. The van der Waals surface area contributed by atoms with Gasteiger partial charge in [0.05, 0.1) is 0 Å². The lowest BCUT2D eigenvalue weighted by molar-refractivity contribution is 0.627. The van der Waals surface area contributed by atoms with Crippen LogP contribution in [0.4, 0.5) is 4.39 Å². The zero-order valence-electron chi connectivity index (χ0n) is 10.7. The van der Waals surface area contributed by atoms with Crippen molar-refractivity contribution in [3.05, 3.63) is 47.0 Å². The van der Waals surface area contributed by atoms with Gasteiger partial charge in [-0.3, -0.25) is 0 Å². The van der Waals surface area contributed by atoms with Gasteiger partial charge in [0.1, 0.15) is 5.82 Å². The summed E-state index contributed by atoms with van der Waals surface area (Å²) in [6.45, 7) is 5.65. The Labute approximate surface area is 106 Å². The number of hydrogen-bond donors (Lipinski definition) is 1. The lowest BCUT2D eigenvalue weighted by Gasteiger charge is -2.11. The molecule has 0 saturated carbocycles. The summed E-state index contributed by atoms with van der Waals surface area (Å²) in [5.41, 5.74) is 9.28. The van der Waals surface area contributed by atoms with E-state index in [2.05, 4.69) is 9.97 Å². The topological polar surface area (TPSA) is 51.8 Å². The molecule has 0 aliphatic heterocycles. The second-order valence-electron chi connectivity index (χ2n) is 4.48. The number of rotatable bonds is 2. The first-order valence-electron chi connectivity index (χ1n) is 5.84. The van der Waals surface area contributed by atoms with Gasteiger partial charge in [-0.05, 0) is 44.5 Å². The molecular formula is C14H16FN3. The SMILES string of the molecule is Cc1cc(F)ccc1-c1ncc([C@@H](C)N)c(C)n1. The van der Waals surface area contributed by atoms with E-state index in [1.807, 2.05) is 20.8 Å². The highest BCUT2D eigenvalue weighted by Crippen LogP contribution is 2.22. The Bertz CT molecular complexity index is 579. The predicted molar refractivity (Wildman–Crippen MR) is 69.5 cm³/mol. The van der Waals surface area contributed by atoms with E-state index < -0.39 is 0 Å². The number of aryl methyl sites for hydroxylation is 2. The summed E-state index contributed by atoms with van der Waals surface area (Å²) in [5.74, 6) is 0.356. The summed E-state index contributed by atoms with van der Waals surface area (Å²) in [5, 5.41) is 0. The van der Waals surface area contributed by atoms with Crippen LogP contribution in [0.15, 0.2) is 24.4 Å². The van der Waals surface area contributed by atoms with Crippen molar-refractivity contribution in [3.63, 3.8) is 0 Å². The maximum Gasteiger partial charge on any atom is 0.159 e. The zero-order valence-corrected chi connectivity index (χ0v) is 10.7. The summed E-state index contributed by atoms with van der Waals surface area (Å²) >= 11 is 0. The average molecular weight is 245 g/mol. The molecule has 4 heteroatoms. The van der Waals surface area contributed by atoms with Crippen LogP contribution in [0.3, 0.4) is 0 Å². The van der Waals surface area contributed by atoms with Crippen LogP contribution in [-0.2, 0) is 0 Å². The molecule has 0 bridgehead atoms. The highest BCUT2D eigenvalue weighted by Gasteiger charge is 2.10. The molecule has 0 amide bonds. The van der Waals surface area contributed by atoms with E-state index in [0.717, 1.165) is 22.4 Å². The van der Waals surface area contributed by atoms with Crippen LogP contribution in [0.1, 0.15) is 29.8 Å². The molecule has 0 spiro atoms. The number of nitrogens with two attached hydrogens (primary N) is 1. The van der Waals surface area contributed by atoms with Gasteiger partial charge in [-0.1, -0.05) is 0 Å². The second-order valence-corrected chi connectivity index (χ2v) is 4.48. The molecule has 0 radical (unpaired) electrons. The van der Waals surface area contributed by atoms with Crippen LogP contribution in [0.5, 0.6) is 0 Å². The summed E-state index contributed by atoms with van der Waals surface area (Å²) in [6, 6.07) is 4.51. The van der Waals surface area contributed by atoms with E-state index in [4.69, 9.17) is 5.73 Å². The molecule has 0 fully saturated rings. The van der Waals surface area contributed by atoms with Crippen LogP contribution < -0.4 is 5.73 Å². The molecule has 1 aromatic carbocycles. The Morgan fingerprint density at radius 3 is 2.56 bits per heavy atom. The molecule has 0 unspecified atom stereocenters. The van der Waals surface area contributed by atoms with E-state index >= 15 is 0 Å². The molecule has 3 nitrogen and oxygen atoms in total. The van der Waals surface area contributed by atoms with E-state index in [1.165, 1.54) is 12.1 Å². The molecule has 2 N–H and O–H groups in total. The minimum Gasteiger partial charge on any atom is -0.324 e. The van der Waals surface area contributed by atoms with E-state index in [1.54, 1.807) is 12.3 Å². The zero-order chi connectivity index (χ0) is 13.3. The molecule has 0 aliphatic rings. The molecule has 0 saturated heterocycles. The van der Waals surface area contributed by atoms with Gasteiger partial charge in [0.2, 0.25) is 0 Å². The maximum absolute atomic E-state index is 13.1. The summed E-state index contributed by atoms with van der Waals surface area (Å²) in [7, 11) is 0. The van der Waals surface area contributed by atoms with Crippen molar-refractivity contribution in [3.8, 4) is 11.4 Å². The largest absolute Gasteiger partial charge is 0.324 e. The minimum absolute atomic E-state index is 0.0895. The summed E-state index contributed by atoms with van der Waals surface area (Å²) in [4.78, 5) is 8.75. The second kappa shape index (κ2) is 4.82. The Balaban J connectivity index is 2.49. The number of benzene rings is 1. The van der Waals surface area contributed by atoms with Gasteiger partial charge in [-0.2, -0.15) is 0 Å². The highest BCUT2D eigenvalue weighted by atomic mass is 19.1. The monoisotopic (exact) mass is 245 g/mol. The first-order valence-corrected chi connectivity index (χ1v) is 5.84. The number of nitrogens with zero attached hydrogens (tertiary/aromatic N) is 2. The quantitative estimate of drug-likeness (QED) is 0.885. The highest BCUT2D eigenvalue weighted by molar-refractivity contribution is 5.60. The molecule has 1 heterocycles. The van der Waals surface area contributed by atoms with E-state index in [-0.39, 0.29) is 11.9 Å². The Morgan fingerprint density at radius 1 is 1.28 bits per heavy atom. The smallest absolute Gasteiger partial charge is 0.159 e. The van der Waals surface area contributed by atoms with Crippen molar-refractivity contribution in [1.82, 2.24) is 9.97 Å². The van der Waals surface area contributed by atoms with Crippen LogP contribution in [0, 0.1) is 19.7 Å². The van der Waals surface area contributed by atoms with Crippen LogP contribution in [0.2, 0.25) is 0 Å². The fourth-order valence-corrected chi connectivity index (χ4v) is 1.93. The molecule has 1 atom stereocenters. The molecule has 18 heavy (non-hydrogen) atoms. The van der Waals surface area contributed by atoms with Crippen molar-refractivity contribution in [1.29, 1.82) is 0 Å². The van der Waals surface area contributed by atoms with Crippen molar-refractivity contribution in [2.45, 2.75) is 26.8 Å². The molecule has 0 aliphatic carbocycles. The predicted octanol–water partition coefficient (Wildman–Crippen LogP) is 2.92. The van der Waals surface area contributed by atoms with E-state index in [0.29, 0.717) is 5.82 Å². The molecular weight excluding hydrogens is 229 g/mol. The fraction of sp³-hybridized carbons (Fsp3) is 0.286. The van der Waals surface area contributed by atoms with Crippen LogP contribution >= 0.6 is 0 Å². The first kappa shape index (κ1) is 12.6. The first-order chi connectivity index (χ1) is 8.49.